The fourth-order valence-electron chi connectivity index (χ4n) is 2.59. The molecule has 0 bridgehead atoms. The molecule has 0 aliphatic rings. The van der Waals surface area contributed by atoms with Gasteiger partial charge in [0.25, 0.3) is 5.56 Å². The minimum atomic E-state index is -4.44. The van der Waals surface area contributed by atoms with Gasteiger partial charge in [0.15, 0.2) is 5.16 Å². The summed E-state index contributed by atoms with van der Waals surface area (Å²) in [6, 6.07) is 7.69. The smallest absolute Gasteiger partial charge is 0.405 e. The maximum Gasteiger partial charge on any atom is 0.405 e. The zero-order chi connectivity index (χ0) is 21.0. The topological polar surface area (TPSA) is 100 Å². The average molecular weight is 426 g/mol. The van der Waals surface area contributed by atoms with Crippen LogP contribution in [0, 0.1) is 0 Å². The van der Waals surface area contributed by atoms with Gasteiger partial charge in [-0.1, -0.05) is 11.8 Å². The predicted molar refractivity (Wildman–Crippen MR) is 102 cm³/mol. The summed E-state index contributed by atoms with van der Waals surface area (Å²) in [6.45, 7) is -1.36. The molecule has 3 aromatic rings. The summed E-state index contributed by atoms with van der Waals surface area (Å²) >= 11 is 1.22. The number of aromatic nitrogens is 3. The number of nitrogens with zero attached hydrogens (tertiary/aromatic N) is 2. The van der Waals surface area contributed by atoms with E-state index in [-0.39, 0.29) is 17.7 Å². The van der Waals surface area contributed by atoms with Crippen molar-refractivity contribution in [3.05, 3.63) is 46.9 Å². The highest BCUT2D eigenvalue weighted by atomic mass is 32.2. The standard InChI is InChI=1S/C18H17F3N4O3S/c19-18(20,21)10-23-14(27)2-1-9-29-17-24-13-7-8-22-15(13)16(28)25(17)11-3-5-12(26)6-4-11/h3-8,22,26H,1-2,9-10H2,(H,23,27). The molecular formula is C18H17F3N4O3S. The molecule has 0 aliphatic heterocycles. The minimum Gasteiger partial charge on any atom is -0.508 e. The van der Waals surface area contributed by atoms with Gasteiger partial charge in [-0.3, -0.25) is 14.2 Å². The van der Waals surface area contributed by atoms with E-state index in [0.717, 1.165) is 0 Å². The summed E-state index contributed by atoms with van der Waals surface area (Å²) in [5, 5.41) is 11.7. The number of benzene rings is 1. The first-order valence-electron chi connectivity index (χ1n) is 8.60. The molecule has 3 N–H and O–H groups in total. The maximum atomic E-state index is 12.9. The van der Waals surface area contributed by atoms with E-state index in [4.69, 9.17) is 0 Å². The number of carbonyl (C=O) groups is 1. The highest BCUT2D eigenvalue weighted by Gasteiger charge is 2.27. The number of amides is 1. The Bertz CT molecular complexity index is 1060. The van der Waals surface area contributed by atoms with Gasteiger partial charge in [-0.25, -0.2) is 4.98 Å². The fourth-order valence-corrected chi connectivity index (χ4v) is 3.54. The van der Waals surface area contributed by atoms with Gasteiger partial charge in [-0.15, -0.1) is 0 Å². The van der Waals surface area contributed by atoms with Gasteiger partial charge >= 0.3 is 6.18 Å². The van der Waals surface area contributed by atoms with Crippen molar-refractivity contribution in [2.45, 2.75) is 24.2 Å². The van der Waals surface area contributed by atoms with Crippen LogP contribution in [0.3, 0.4) is 0 Å². The first kappa shape index (κ1) is 20.8. The Morgan fingerprint density at radius 2 is 1.97 bits per heavy atom. The Morgan fingerprint density at radius 3 is 2.66 bits per heavy atom. The number of hydrogen-bond donors (Lipinski definition) is 3. The number of nitrogens with one attached hydrogen (secondary N) is 2. The largest absolute Gasteiger partial charge is 0.508 e. The molecule has 29 heavy (non-hydrogen) atoms. The second kappa shape index (κ2) is 8.60. The molecule has 0 atom stereocenters. The number of phenols is 1. The van der Waals surface area contributed by atoms with Crippen LogP contribution in [0.2, 0.25) is 0 Å². The molecule has 0 saturated carbocycles. The molecule has 0 radical (unpaired) electrons. The van der Waals surface area contributed by atoms with Gasteiger partial charge in [-0.2, -0.15) is 13.2 Å². The second-order valence-electron chi connectivity index (χ2n) is 6.13. The Balaban J connectivity index is 1.73. The fraction of sp³-hybridized carbons (Fsp3) is 0.278. The number of phenolic OH excluding ortho intramolecular Hbond substituents is 1. The Labute approximate surface area is 167 Å². The average Bonchev–Trinajstić information content (AvgIpc) is 3.13. The number of fused-ring (bicyclic) bond motifs is 1. The lowest BCUT2D eigenvalue weighted by molar-refractivity contribution is -0.138. The molecule has 0 unspecified atom stereocenters. The molecule has 0 saturated heterocycles. The summed E-state index contributed by atoms with van der Waals surface area (Å²) in [6.07, 6.45) is -2.61. The normalized spacial score (nSPS) is 11.7. The molecule has 7 nitrogen and oxygen atoms in total. The third-order valence-electron chi connectivity index (χ3n) is 3.92. The van der Waals surface area contributed by atoms with Crippen LogP contribution in [-0.4, -0.2) is 44.0 Å². The number of H-pyrrole nitrogens is 1. The molecule has 2 aromatic heterocycles. The van der Waals surface area contributed by atoms with Gasteiger partial charge in [-0.05, 0) is 36.8 Å². The van der Waals surface area contributed by atoms with Gasteiger partial charge in [0, 0.05) is 18.4 Å². The van der Waals surface area contributed by atoms with E-state index in [0.29, 0.717) is 34.1 Å². The predicted octanol–water partition coefficient (Wildman–Crippen LogP) is 2.97. The molecule has 154 valence electrons. The van der Waals surface area contributed by atoms with Crippen molar-refractivity contribution in [2.75, 3.05) is 12.3 Å². The Morgan fingerprint density at radius 1 is 1.24 bits per heavy atom. The molecule has 1 amide bonds. The van der Waals surface area contributed by atoms with E-state index in [1.807, 2.05) is 5.32 Å². The quantitative estimate of drug-likeness (QED) is 0.306. The minimum absolute atomic E-state index is 0.0507. The van der Waals surface area contributed by atoms with Crippen LogP contribution in [-0.2, 0) is 4.79 Å². The molecule has 0 fully saturated rings. The summed E-state index contributed by atoms with van der Waals surface area (Å²) in [7, 11) is 0. The van der Waals surface area contributed by atoms with Gasteiger partial charge < -0.3 is 15.4 Å². The van der Waals surface area contributed by atoms with Crippen molar-refractivity contribution in [1.29, 1.82) is 0 Å². The van der Waals surface area contributed by atoms with Crippen LogP contribution in [0.5, 0.6) is 5.75 Å². The number of halogens is 3. The highest BCUT2D eigenvalue weighted by molar-refractivity contribution is 7.99. The van der Waals surface area contributed by atoms with Crippen LogP contribution in [0.25, 0.3) is 16.7 Å². The van der Waals surface area contributed by atoms with Crippen LogP contribution in [0.4, 0.5) is 13.2 Å². The molecule has 0 spiro atoms. The van der Waals surface area contributed by atoms with Gasteiger partial charge in [0.05, 0.1) is 11.2 Å². The van der Waals surface area contributed by atoms with Crippen LogP contribution < -0.4 is 10.9 Å². The van der Waals surface area contributed by atoms with Gasteiger partial charge in [0.2, 0.25) is 5.91 Å². The number of thioether (sulfide) groups is 1. The van der Waals surface area contributed by atoms with E-state index < -0.39 is 18.6 Å². The lowest BCUT2D eigenvalue weighted by Gasteiger charge is -2.12. The summed E-state index contributed by atoms with van der Waals surface area (Å²) in [4.78, 5) is 31.7. The first-order valence-corrected chi connectivity index (χ1v) is 9.59. The van der Waals surface area contributed by atoms with E-state index >= 15 is 0 Å². The van der Waals surface area contributed by atoms with Crippen LogP contribution in [0.1, 0.15) is 12.8 Å². The van der Waals surface area contributed by atoms with Crippen molar-refractivity contribution >= 4 is 28.7 Å². The summed E-state index contributed by atoms with van der Waals surface area (Å²) in [5.41, 5.74) is 0.989. The number of carbonyl (C=O) groups excluding carboxylic acids is 1. The third kappa shape index (κ3) is 5.31. The highest BCUT2D eigenvalue weighted by Crippen LogP contribution is 2.23. The Hall–Kier alpha value is -2.95. The van der Waals surface area contributed by atoms with Crippen molar-refractivity contribution in [1.82, 2.24) is 19.9 Å². The van der Waals surface area contributed by atoms with Crippen molar-refractivity contribution < 1.29 is 23.1 Å². The number of aromatic hydroxyl groups is 1. The van der Waals surface area contributed by atoms with Gasteiger partial charge in [0.1, 0.15) is 17.8 Å². The lowest BCUT2D eigenvalue weighted by atomic mass is 10.3. The number of aromatic amines is 1. The van der Waals surface area contributed by atoms with Crippen LogP contribution >= 0.6 is 11.8 Å². The van der Waals surface area contributed by atoms with Crippen molar-refractivity contribution in [2.24, 2.45) is 0 Å². The summed E-state index contributed by atoms with van der Waals surface area (Å²) in [5.74, 6) is -0.262. The number of hydrogen-bond acceptors (Lipinski definition) is 5. The zero-order valence-corrected chi connectivity index (χ0v) is 15.8. The van der Waals surface area contributed by atoms with E-state index in [9.17, 15) is 27.9 Å². The van der Waals surface area contributed by atoms with E-state index in [2.05, 4.69) is 9.97 Å². The third-order valence-corrected chi connectivity index (χ3v) is 4.95. The molecule has 3 rings (SSSR count). The molecule has 2 heterocycles. The number of rotatable bonds is 7. The van der Waals surface area contributed by atoms with E-state index in [1.54, 1.807) is 24.4 Å². The molecule has 1 aromatic carbocycles. The van der Waals surface area contributed by atoms with Crippen LogP contribution in [0.15, 0.2) is 46.5 Å². The lowest BCUT2D eigenvalue weighted by Crippen LogP contribution is -2.33. The summed E-state index contributed by atoms with van der Waals surface area (Å²) < 4.78 is 37.7. The Kier molecular flexibility index (Phi) is 6.16. The number of alkyl halides is 3. The zero-order valence-electron chi connectivity index (χ0n) is 15.0. The molecular weight excluding hydrogens is 409 g/mol. The molecule has 0 aliphatic carbocycles. The maximum absolute atomic E-state index is 12.9. The first-order chi connectivity index (χ1) is 13.7. The molecule has 11 heteroatoms. The monoisotopic (exact) mass is 426 g/mol. The second-order valence-corrected chi connectivity index (χ2v) is 7.20. The van der Waals surface area contributed by atoms with E-state index in [1.165, 1.54) is 28.5 Å². The van der Waals surface area contributed by atoms with Crippen molar-refractivity contribution in [3.63, 3.8) is 0 Å². The van der Waals surface area contributed by atoms with Crippen molar-refractivity contribution in [3.8, 4) is 11.4 Å². The SMILES string of the molecule is O=C(CCCSc1nc2cc[nH]c2c(=O)n1-c1ccc(O)cc1)NCC(F)(F)F.